The second-order valence-electron chi connectivity index (χ2n) is 1.11. The SMILES string of the molecule is N[C@@H](CS)C(=O)[O-].[BH4-].[Na+].[Na+]. The molecule has 0 aromatic heterocycles. The molecule has 50 valence electrons. The Morgan fingerprint density at radius 2 is 1.90 bits per heavy atom. The molecule has 0 heterocycles. The van der Waals surface area contributed by atoms with Crippen molar-refractivity contribution in [3.05, 3.63) is 0 Å². The molecule has 0 fully saturated rings. The molecule has 0 spiro atoms. The van der Waals surface area contributed by atoms with Crippen molar-refractivity contribution in [2.24, 2.45) is 5.73 Å². The Bertz CT molecular complexity index is 86.9. The van der Waals surface area contributed by atoms with Crippen molar-refractivity contribution in [2.75, 3.05) is 5.75 Å². The van der Waals surface area contributed by atoms with Gasteiger partial charge in [-0.05, 0) is 0 Å². The summed E-state index contributed by atoms with van der Waals surface area (Å²) >= 11 is 3.61. The van der Waals surface area contributed by atoms with Gasteiger partial charge in [-0.3, -0.25) is 0 Å². The number of carbonyl (C=O) groups excluding carboxylic acids is 1. The van der Waals surface area contributed by atoms with E-state index in [-0.39, 0.29) is 73.3 Å². The van der Waals surface area contributed by atoms with Gasteiger partial charge in [0.2, 0.25) is 0 Å². The second kappa shape index (κ2) is 13.4. The van der Waals surface area contributed by atoms with Crippen LogP contribution in [-0.4, -0.2) is 26.2 Å². The molecule has 0 aliphatic heterocycles. The van der Waals surface area contributed by atoms with Crippen molar-refractivity contribution >= 4 is 27.0 Å². The van der Waals surface area contributed by atoms with Gasteiger partial charge < -0.3 is 15.6 Å². The summed E-state index contributed by atoms with van der Waals surface area (Å²) in [7, 11) is 0. The zero-order valence-electron chi connectivity index (χ0n) is 5.63. The van der Waals surface area contributed by atoms with Crippen LogP contribution in [0.15, 0.2) is 0 Å². The van der Waals surface area contributed by atoms with Crippen molar-refractivity contribution < 1.29 is 69.0 Å². The monoisotopic (exact) mass is 181 g/mol. The van der Waals surface area contributed by atoms with Crippen LogP contribution in [0.5, 0.6) is 0 Å². The van der Waals surface area contributed by atoms with Crippen molar-refractivity contribution in [1.29, 1.82) is 0 Å². The topological polar surface area (TPSA) is 66.2 Å². The molecule has 0 saturated carbocycles. The van der Waals surface area contributed by atoms with Crippen LogP contribution in [-0.2, 0) is 4.79 Å². The summed E-state index contributed by atoms with van der Waals surface area (Å²) in [5, 5.41) is 9.65. The van der Waals surface area contributed by atoms with Gasteiger partial charge in [-0.2, -0.15) is 12.6 Å². The number of hydrogen-bond donors (Lipinski definition) is 2. The normalized spacial score (nSPS) is 9.40. The molecule has 0 bridgehead atoms. The van der Waals surface area contributed by atoms with E-state index in [1.807, 2.05) is 0 Å². The van der Waals surface area contributed by atoms with Crippen LogP contribution in [0.3, 0.4) is 0 Å². The van der Waals surface area contributed by atoms with E-state index >= 15 is 0 Å². The molecule has 2 N–H and O–H groups in total. The summed E-state index contributed by atoms with van der Waals surface area (Å²) in [6, 6.07) is -0.927. The van der Waals surface area contributed by atoms with Crippen LogP contribution >= 0.6 is 12.6 Å². The van der Waals surface area contributed by atoms with Gasteiger partial charge in [0.1, 0.15) is 0 Å². The third kappa shape index (κ3) is 12.5. The molecule has 3 nitrogen and oxygen atoms in total. The maximum atomic E-state index is 9.65. The van der Waals surface area contributed by atoms with Crippen LogP contribution in [0.1, 0.15) is 0 Å². The Morgan fingerprint density at radius 3 is 1.90 bits per heavy atom. The first-order valence-electron chi connectivity index (χ1n) is 1.75. The molecule has 0 rings (SSSR count). The number of thiol groups is 1. The average molecular weight is 181 g/mol. The minimum atomic E-state index is -1.25. The molecule has 0 saturated heterocycles. The Balaban J connectivity index is -0.0000000600. The third-order valence-corrected chi connectivity index (χ3v) is 0.893. The largest absolute Gasteiger partial charge is 1.00 e. The molecular formula is C3H10BNNa2O2S. The fraction of sp³-hybridized carbons (Fsp3) is 0.667. The molecule has 0 aliphatic rings. The van der Waals surface area contributed by atoms with E-state index in [9.17, 15) is 9.90 Å². The molecule has 1 atom stereocenters. The quantitative estimate of drug-likeness (QED) is 0.328. The smallest absolute Gasteiger partial charge is 0.548 e. The van der Waals surface area contributed by atoms with Gasteiger partial charge >= 0.3 is 59.1 Å². The first kappa shape index (κ1) is 22.6. The number of carboxylic acid groups (broad SMARTS) is 1. The Labute approximate surface area is 112 Å². The number of hydrogen-bond acceptors (Lipinski definition) is 4. The Kier molecular flexibility index (Phi) is 30.4. The summed E-state index contributed by atoms with van der Waals surface area (Å²) in [5.41, 5.74) is 4.88. The van der Waals surface area contributed by atoms with Crippen molar-refractivity contribution in [1.82, 2.24) is 0 Å². The summed E-state index contributed by atoms with van der Waals surface area (Å²) in [4.78, 5) is 9.65. The van der Waals surface area contributed by atoms with Crippen LogP contribution in [0, 0.1) is 0 Å². The first-order chi connectivity index (χ1) is 3.18. The van der Waals surface area contributed by atoms with E-state index < -0.39 is 12.0 Å². The number of aliphatic carboxylic acids is 1. The zero-order valence-corrected chi connectivity index (χ0v) is 10.5. The minimum Gasteiger partial charge on any atom is -0.548 e. The second-order valence-corrected chi connectivity index (χ2v) is 1.47. The zero-order chi connectivity index (χ0) is 5.86. The van der Waals surface area contributed by atoms with Gasteiger partial charge in [0.25, 0.3) is 0 Å². The number of carboxylic acids is 1. The fourth-order valence-electron chi connectivity index (χ4n) is 0.0745. The summed E-state index contributed by atoms with van der Waals surface area (Å²) in [6.07, 6.45) is 0. The van der Waals surface area contributed by atoms with Gasteiger partial charge in [-0.1, -0.05) is 8.41 Å². The van der Waals surface area contributed by atoms with E-state index in [4.69, 9.17) is 5.73 Å². The van der Waals surface area contributed by atoms with E-state index in [2.05, 4.69) is 12.6 Å². The summed E-state index contributed by atoms with van der Waals surface area (Å²) < 4.78 is 0. The van der Waals surface area contributed by atoms with Crippen LogP contribution in [0.25, 0.3) is 0 Å². The van der Waals surface area contributed by atoms with Crippen LogP contribution in [0.2, 0.25) is 0 Å². The third-order valence-electron chi connectivity index (χ3n) is 0.499. The van der Waals surface area contributed by atoms with Crippen molar-refractivity contribution in [3.8, 4) is 0 Å². The van der Waals surface area contributed by atoms with Gasteiger partial charge in [0.15, 0.2) is 0 Å². The van der Waals surface area contributed by atoms with Crippen molar-refractivity contribution in [2.45, 2.75) is 6.04 Å². The minimum absolute atomic E-state index is 0. The molecule has 7 heteroatoms. The number of nitrogens with two attached hydrogens (primary N) is 1. The van der Waals surface area contributed by atoms with Crippen LogP contribution in [0.4, 0.5) is 0 Å². The van der Waals surface area contributed by atoms with E-state index in [1.165, 1.54) is 0 Å². The first-order valence-corrected chi connectivity index (χ1v) is 2.39. The molecular weight excluding hydrogens is 171 g/mol. The van der Waals surface area contributed by atoms with E-state index in [0.717, 1.165) is 0 Å². The van der Waals surface area contributed by atoms with Gasteiger partial charge in [0, 0.05) is 5.75 Å². The maximum absolute atomic E-state index is 9.65. The predicted octanol–water partition coefficient (Wildman–Crippen LogP) is -9.45. The average Bonchev–Trinajstić information content (AvgIpc) is 1.65. The van der Waals surface area contributed by atoms with E-state index in [0.29, 0.717) is 0 Å². The van der Waals surface area contributed by atoms with Gasteiger partial charge in [0.05, 0.1) is 12.0 Å². The predicted molar refractivity (Wildman–Crippen MR) is 38.2 cm³/mol. The molecule has 10 heavy (non-hydrogen) atoms. The molecule has 0 unspecified atom stereocenters. The maximum Gasteiger partial charge on any atom is 1.00 e. The Hall–Kier alpha value is 1.84. The standard InChI is InChI=1S/C3H7NO2S.BH4.2Na/c4-2(1-7)3(5)6;;;/h2,7H,1,4H2,(H,5,6);1H4;;/q;-1;2*+1/p-1/t2-;;;/m0.../s1. The molecule has 0 radical (unpaired) electrons. The molecule has 0 aromatic carbocycles. The van der Waals surface area contributed by atoms with Gasteiger partial charge in [-0.25, -0.2) is 0 Å². The Morgan fingerprint density at radius 1 is 1.60 bits per heavy atom. The molecule has 0 aromatic rings. The number of rotatable bonds is 2. The molecule has 0 aliphatic carbocycles. The number of carbonyl (C=O) groups is 1. The van der Waals surface area contributed by atoms with Crippen LogP contribution < -0.4 is 70.0 Å². The summed E-state index contributed by atoms with van der Waals surface area (Å²) in [5.74, 6) is -1.13. The van der Waals surface area contributed by atoms with E-state index in [1.54, 1.807) is 0 Å². The van der Waals surface area contributed by atoms with Crippen molar-refractivity contribution in [3.63, 3.8) is 0 Å². The summed E-state index contributed by atoms with van der Waals surface area (Å²) in [6.45, 7) is 0. The van der Waals surface area contributed by atoms with Gasteiger partial charge in [-0.15, -0.1) is 0 Å². The fourth-order valence-corrected chi connectivity index (χ4v) is 0.224. The molecule has 0 amide bonds.